The number of benzene rings is 2. The molecular weight excluding hydrogens is 326 g/mol. The van der Waals surface area contributed by atoms with Gasteiger partial charge in [-0.1, -0.05) is 44.5 Å². The molecule has 0 spiro atoms. The maximum absolute atomic E-state index is 12.4. The summed E-state index contributed by atoms with van der Waals surface area (Å²) in [5.74, 6) is 0.336. The van der Waals surface area contributed by atoms with Crippen LogP contribution in [0, 0.1) is 5.92 Å². The van der Waals surface area contributed by atoms with Gasteiger partial charge in [-0.05, 0) is 54.7 Å². The van der Waals surface area contributed by atoms with Crippen molar-refractivity contribution in [3.8, 4) is 5.75 Å². The third-order valence-corrected chi connectivity index (χ3v) is 4.51. The summed E-state index contributed by atoms with van der Waals surface area (Å²) in [7, 11) is 0. The fourth-order valence-electron chi connectivity index (χ4n) is 2.64. The summed E-state index contributed by atoms with van der Waals surface area (Å²) in [6.45, 7) is 7.73. The molecule has 0 aliphatic heterocycles. The van der Waals surface area contributed by atoms with E-state index in [0.717, 1.165) is 18.4 Å². The summed E-state index contributed by atoms with van der Waals surface area (Å²) in [6, 6.07) is 14.9. The van der Waals surface area contributed by atoms with Crippen LogP contribution in [0.4, 0.5) is 5.69 Å². The summed E-state index contributed by atoms with van der Waals surface area (Å²) in [5.41, 5.74) is 2.90. The molecular formula is C22H27NO3. The summed E-state index contributed by atoms with van der Waals surface area (Å²) < 4.78 is 5.45. The number of nitrogens with one attached hydrogen (secondary N) is 1. The first kappa shape index (κ1) is 19.7. The molecule has 0 saturated carbocycles. The van der Waals surface area contributed by atoms with E-state index in [-0.39, 0.29) is 17.8 Å². The lowest BCUT2D eigenvalue weighted by Crippen LogP contribution is -2.16. The van der Waals surface area contributed by atoms with Gasteiger partial charge in [-0.15, -0.1) is 0 Å². The molecule has 0 radical (unpaired) electrons. The highest BCUT2D eigenvalue weighted by Crippen LogP contribution is 2.22. The molecule has 0 fully saturated rings. The highest BCUT2D eigenvalue weighted by molar-refractivity contribution is 5.88. The molecule has 0 aromatic heterocycles. The van der Waals surface area contributed by atoms with Gasteiger partial charge < -0.3 is 10.1 Å². The number of carbonyl (C=O) groups is 2. The zero-order chi connectivity index (χ0) is 19.1. The van der Waals surface area contributed by atoms with E-state index in [1.807, 2.05) is 19.1 Å². The van der Waals surface area contributed by atoms with Crippen molar-refractivity contribution in [3.05, 3.63) is 59.7 Å². The zero-order valence-corrected chi connectivity index (χ0v) is 15.9. The average molecular weight is 353 g/mol. The molecule has 0 saturated heterocycles. The van der Waals surface area contributed by atoms with Crippen LogP contribution in [0.25, 0.3) is 0 Å². The van der Waals surface area contributed by atoms with E-state index in [2.05, 4.69) is 31.3 Å². The van der Waals surface area contributed by atoms with Gasteiger partial charge in [-0.3, -0.25) is 9.59 Å². The van der Waals surface area contributed by atoms with E-state index in [0.29, 0.717) is 17.4 Å². The first-order valence-electron chi connectivity index (χ1n) is 9.07. The van der Waals surface area contributed by atoms with Crippen LogP contribution in [-0.2, 0) is 16.0 Å². The number of anilines is 1. The van der Waals surface area contributed by atoms with Crippen LogP contribution in [0.3, 0.4) is 0 Å². The Labute approximate surface area is 155 Å². The topological polar surface area (TPSA) is 55.4 Å². The molecule has 0 heterocycles. The minimum Gasteiger partial charge on any atom is -0.426 e. The average Bonchev–Trinajstić information content (AvgIpc) is 2.62. The smallest absolute Gasteiger partial charge is 0.318 e. The van der Waals surface area contributed by atoms with Gasteiger partial charge >= 0.3 is 5.97 Å². The van der Waals surface area contributed by atoms with Crippen molar-refractivity contribution >= 4 is 17.6 Å². The Morgan fingerprint density at radius 1 is 1.00 bits per heavy atom. The minimum absolute atomic E-state index is 0.139. The Hall–Kier alpha value is -2.62. The van der Waals surface area contributed by atoms with Crippen molar-refractivity contribution in [3.63, 3.8) is 0 Å². The van der Waals surface area contributed by atoms with Gasteiger partial charge in [0.15, 0.2) is 0 Å². The molecule has 2 aromatic rings. The molecule has 138 valence electrons. The third kappa shape index (κ3) is 5.73. The van der Waals surface area contributed by atoms with E-state index < -0.39 is 0 Å². The molecule has 2 aromatic carbocycles. The van der Waals surface area contributed by atoms with E-state index in [1.54, 1.807) is 24.3 Å². The van der Waals surface area contributed by atoms with Crippen LogP contribution in [0.15, 0.2) is 48.5 Å². The maximum atomic E-state index is 12.4. The number of carbonyl (C=O) groups excluding carboxylic acids is 2. The van der Waals surface area contributed by atoms with Gasteiger partial charge in [0, 0.05) is 12.6 Å². The standard InChI is InChI=1S/C22H27NO3/c1-5-15(2)14-18-6-8-19(9-7-18)16(3)22(25)26-21-12-10-20(11-13-21)23-17(4)24/h6-13,15-16H,5,14H2,1-4H3,(H,23,24). The number of rotatable bonds is 7. The SMILES string of the molecule is CCC(C)Cc1ccc(C(C)C(=O)Oc2ccc(NC(C)=O)cc2)cc1. The molecule has 26 heavy (non-hydrogen) atoms. The highest BCUT2D eigenvalue weighted by Gasteiger charge is 2.17. The predicted molar refractivity (Wildman–Crippen MR) is 104 cm³/mol. The molecule has 2 atom stereocenters. The summed E-state index contributed by atoms with van der Waals surface area (Å²) in [4.78, 5) is 23.4. The van der Waals surface area contributed by atoms with Crippen LogP contribution in [-0.4, -0.2) is 11.9 Å². The quantitative estimate of drug-likeness (QED) is 0.566. The zero-order valence-electron chi connectivity index (χ0n) is 15.9. The summed E-state index contributed by atoms with van der Waals surface area (Å²) in [5, 5.41) is 2.68. The number of amides is 1. The maximum Gasteiger partial charge on any atom is 0.318 e. The van der Waals surface area contributed by atoms with Crippen molar-refractivity contribution in [1.82, 2.24) is 0 Å². The van der Waals surface area contributed by atoms with Gasteiger partial charge in [0.05, 0.1) is 5.92 Å². The van der Waals surface area contributed by atoms with Gasteiger partial charge in [-0.2, -0.15) is 0 Å². The normalized spacial score (nSPS) is 12.9. The van der Waals surface area contributed by atoms with Crippen LogP contribution in [0.1, 0.15) is 51.2 Å². The van der Waals surface area contributed by atoms with E-state index in [4.69, 9.17) is 4.74 Å². The Balaban J connectivity index is 1.97. The largest absolute Gasteiger partial charge is 0.426 e. The first-order chi connectivity index (χ1) is 12.4. The highest BCUT2D eigenvalue weighted by atomic mass is 16.5. The predicted octanol–water partition coefficient (Wildman–Crippen LogP) is 4.94. The minimum atomic E-state index is -0.345. The van der Waals surface area contributed by atoms with Gasteiger partial charge in [0.25, 0.3) is 0 Å². The number of ether oxygens (including phenoxy) is 1. The van der Waals surface area contributed by atoms with Crippen LogP contribution in [0.2, 0.25) is 0 Å². The van der Waals surface area contributed by atoms with Crippen molar-refractivity contribution < 1.29 is 14.3 Å². The molecule has 2 unspecified atom stereocenters. The number of hydrogen-bond acceptors (Lipinski definition) is 3. The molecule has 1 N–H and O–H groups in total. The Morgan fingerprint density at radius 3 is 2.15 bits per heavy atom. The molecule has 0 aliphatic rings. The molecule has 0 aliphatic carbocycles. The van der Waals surface area contributed by atoms with Crippen molar-refractivity contribution in [2.24, 2.45) is 5.92 Å². The second-order valence-electron chi connectivity index (χ2n) is 6.81. The van der Waals surface area contributed by atoms with Crippen LogP contribution < -0.4 is 10.1 Å². The number of esters is 1. The summed E-state index contributed by atoms with van der Waals surface area (Å²) in [6.07, 6.45) is 2.21. The van der Waals surface area contributed by atoms with Crippen LogP contribution >= 0.6 is 0 Å². The fraction of sp³-hybridized carbons (Fsp3) is 0.364. The van der Waals surface area contributed by atoms with E-state index >= 15 is 0 Å². The Morgan fingerprint density at radius 2 is 1.62 bits per heavy atom. The van der Waals surface area contributed by atoms with E-state index in [1.165, 1.54) is 12.5 Å². The van der Waals surface area contributed by atoms with Gasteiger partial charge in [0.2, 0.25) is 5.91 Å². The second-order valence-corrected chi connectivity index (χ2v) is 6.81. The molecule has 2 rings (SSSR count). The van der Waals surface area contributed by atoms with Crippen molar-refractivity contribution in [2.75, 3.05) is 5.32 Å². The summed E-state index contributed by atoms with van der Waals surface area (Å²) >= 11 is 0. The third-order valence-electron chi connectivity index (χ3n) is 4.51. The Kier molecular flexibility index (Phi) is 6.96. The number of hydrogen-bond donors (Lipinski definition) is 1. The van der Waals surface area contributed by atoms with Crippen LogP contribution in [0.5, 0.6) is 5.75 Å². The van der Waals surface area contributed by atoms with Crippen molar-refractivity contribution in [1.29, 1.82) is 0 Å². The molecule has 4 nitrogen and oxygen atoms in total. The molecule has 1 amide bonds. The van der Waals surface area contributed by atoms with Gasteiger partial charge in [0.1, 0.15) is 5.75 Å². The Bertz CT molecular complexity index is 735. The first-order valence-corrected chi connectivity index (χ1v) is 9.07. The lowest BCUT2D eigenvalue weighted by molar-refractivity contribution is -0.135. The van der Waals surface area contributed by atoms with Crippen molar-refractivity contribution in [2.45, 2.75) is 46.5 Å². The lowest BCUT2D eigenvalue weighted by Gasteiger charge is -2.13. The van der Waals surface area contributed by atoms with Gasteiger partial charge in [-0.25, -0.2) is 0 Å². The van der Waals surface area contributed by atoms with E-state index in [9.17, 15) is 9.59 Å². The second kappa shape index (κ2) is 9.18. The monoisotopic (exact) mass is 353 g/mol. The molecule has 0 bridgehead atoms. The fourth-order valence-corrected chi connectivity index (χ4v) is 2.64. The molecule has 4 heteroatoms. The lowest BCUT2D eigenvalue weighted by atomic mass is 9.95.